The fraction of sp³-hybridized carbons (Fsp3) is 0.600. The summed E-state index contributed by atoms with van der Waals surface area (Å²) in [6.45, 7) is 6.37. The van der Waals surface area contributed by atoms with Crippen LogP contribution in [0.4, 0.5) is 10.1 Å². The summed E-state index contributed by atoms with van der Waals surface area (Å²) in [4.78, 5) is 12.7. The number of rotatable bonds is 6. The third kappa shape index (κ3) is 4.47. The number of likely N-dealkylation sites (tertiary alicyclic amines) is 1. The molecule has 1 aromatic carbocycles. The van der Waals surface area contributed by atoms with E-state index in [0.29, 0.717) is 18.0 Å². The molecular formula is C15H22FN3O2. The second-order valence-corrected chi connectivity index (χ2v) is 5.56. The number of benzene rings is 1. The van der Waals surface area contributed by atoms with Gasteiger partial charge in [-0.15, -0.1) is 0 Å². The Morgan fingerprint density at radius 2 is 2.14 bits per heavy atom. The standard InChI is InChI=1S/C15H22FN3O2/c1-2-17-10-12-5-7-18(8-6-12)11-13-9-14(16)3-4-15(13)19(20)21/h3-4,9,12,17H,2,5-8,10-11H2,1H3. The smallest absolute Gasteiger partial charge is 0.274 e. The topological polar surface area (TPSA) is 58.4 Å². The molecule has 0 spiro atoms. The zero-order chi connectivity index (χ0) is 15.2. The number of nitrogens with zero attached hydrogens (tertiary/aromatic N) is 2. The Bertz CT molecular complexity index is 488. The number of hydrogen-bond donors (Lipinski definition) is 1. The Balaban J connectivity index is 1.94. The molecule has 1 aromatic rings. The molecule has 1 saturated heterocycles. The minimum atomic E-state index is -0.438. The van der Waals surface area contributed by atoms with Crippen molar-refractivity contribution in [1.82, 2.24) is 10.2 Å². The molecule has 0 atom stereocenters. The van der Waals surface area contributed by atoms with Gasteiger partial charge >= 0.3 is 0 Å². The maximum absolute atomic E-state index is 13.3. The van der Waals surface area contributed by atoms with Crippen molar-refractivity contribution >= 4 is 5.69 Å². The molecule has 0 aromatic heterocycles. The van der Waals surface area contributed by atoms with Crippen molar-refractivity contribution in [2.45, 2.75) is 26.3 Å². The molecule has 1 aliphatic heterocycles. The molecule has 5 nitrogen and oxygen atoms in total. The van der Waals surface area contributed by atoms with Crippen LogP contribution in [0.3, 0.4) is 0 Å². The van der Waals surface area contributed by atoms with E-state index in [0.717, 1.165) is 45.1 Å². The van der Waals surface area contributed by atoms with Crippen molar-refractivity contribution in [3.05, 3.63) is 39.7 Å². The molecule has 0 aliphatic carbocycles. The van der Waals surface area contributed by atoms with E-state index in [2.05, 4.69) is 17.1 Å². The van der Waals surface area contributed by atoms with Gasteiger partial charge in [-0.25, -0.2) is 4.39 Å². The van der Waals surface area contributed by atoms with E-state index in [1.54, 1.807) is 0 Å². The highest BCUT2D eigenvalue weighted by Gasteiger charge is 2.22. The van der Waals surface area contributed by atoms with E-state index in [-0.39, 0.29) is 5.69 Å². The molecule has 0 unspecified atom stereocenters. The molecule has 21 heavy (non-hydrogen) atoms. The first-order chi connectivity index (χ1) is 10.1. The monoisotopic (exact) mass is 295 g/mol. The van der Waals surface area contributed by atoms with E-state index in [9.17, 15) is 14.5 Å². The van der Waals surface area contributed by atoms with E-state index < -0.39 is 10.7 Å². The summed E-state index contributed by atoms with van der Waals surface area (Å²) in [7, 11) is 0. The highest BCUT2D eigenvalue weighted by atomic mass is 19.1. The maximum atomic E-state index is 13.3. The summed E-state index contributed by atoms with van der Waals surface area (Å²) in [5.74, 6) is 0.251. The van der Waals surface area contributed by atoms with Gasteiger partial charge in [-0.05, 0) is 57.1 Å². The minimum absolute atomic E-state index is 0.00572. The summed E-state index contributed by atoms with van der Waals surface area (Å²) in [5.41, 5.74) is 0.469. The molecule has 0 radical (unpaired) electrons. The first kappa shape index (κ1) is 15.9. The van der Waals surface area contributed by atoms with Crippen LogP contribution in [0.2, 0.25) is 0 Å². The SMILES string of the molecule is CCNCC1CCN(Cc2cc(F)ccc2[N+](=O)[O-])CC1. The predicted molar refractivity (Wildman–Crippen MR) is 79.6 cm³/mol. The van der Waals surface area contributed by atoms with E-state index in [1.807, 2.05) is 0 Å². The molecule has 116 valence electrons. The van der Waals surface area contributed by atoms with Gasteiger partial charge in [-0.1, -0.05) is 6.92 Å². The van der Waals surface area contributed by atoms with Crippen molar-refractivity contribution in [3.63, 3.8) is 0 Å². The van der Waals surface area contributed by atoms with Crippen molar-refractivity contribution < 1.29 is 9.31 Å². The Morgan fingerprint density at radius 3 is 2.76 bits per heavy atom. The molecule has 0 saturated carbocycles. The fourth-order valence-corrected chi connectivity index (χ4v) is 2.80. The second-order valence-electron chi connectivity index (χ2n) is 5.56. The number of nitrogens with one attached hydrogen (secondary N) is 1. The molecule has 1 N–H and O–H groups in total. The van der Waals surface area contributed by atoms with E-state index in [1.165, 1.54) is 12.1 Å². The van der Waals surface area contributed by atoms with E-state index in [4.69, 9.17) is 0 Å². The molecule has 0 bridgehead atoms. The Labute approximate surface area is 124 Å². The Kier molecular flexibility index (Phi) is 5.64. The summed E-state index contributed by atoms with van der Waals surface area (Å²) in [6.07, 6.45) is 2.16. The summed E-state index contributed by atoms with van der Waals surface area (Å²) in [6, 6.07) is 3.68. The van der Waals surface area contributed by atoms with Crippen LogP contribution in [0.25, 0.3) is 0 Å². The summed E-state index contributed by atoms with van der Waals surface area (Å²) >= 11 is 0. The molecule has 0 amide bonds. The number of nitro groups is 1. The van der Waals surface area contributed by atoms with Gasteiger partial charge in [0.25, 0.3) is 5.69 Å². The highest BCUT2D eigenvalue weighted by Crippen LogP contribution is 2.24. The summed E-state index contributed by atoms with van der Waals surface area (Å²) < 4.78 is 13.3. The number of hydrogen-bond acceptors (Lipinski definition) is 4. The number of halogens is 1. The first-order valence-corrected chi connectivity index (χ1v) is 7.46. The second kappa shape index (κ2) is 7.47. The lowest BCUT2D eigenvalue weighted by atomic mass is 9.96. The van der Waals surface area contributed by atoms with Crippen molar-refractivity contribution in [2.75, 3.05) is 26.2 Å². The minimum Gasteiger partial charge on any atom is -0.317 e. The van der Waals surface area contributed by atoms with E-state index >= 15 is 0 Å². The lowest BCUT2D eigenvalue weighted by Crippen LogP contribution is -2.37. The predicted octanol–water partition coefficient (Wildman–Crippen LogP) is 2.56. The summed E-state index contributed by atoms with van der Waals surface area (Å²) in [5, 5.41) is 14.4. The van der Waals surface area contributed by atoms with Crippen LogP contribution >= 0.6 is 0 Å². The lowest BCUT2D eigenvalue weighted by molar-refractivity contribution is -0.385. The average molecular weight is 295 g/mol. The van der Waals surface area contributed by atoms with Gasteiger partial charge in [-0.3, -0.25) is 15.0 Å². The average Bonchev–Trinajstić information content (AvgIpc) is 2.46. The largest absolute Gasteiger partial charge is 0.317 e. The Hall–Kier alpha value is -1.53. The van der Waals surface area contributed by atoms with Gasteiger partial charge in [0.15, 0.2) is 0 Å². The molecule has 1 fully saturated rings. The Morgan fingerprint density at radius 1 is 1.43 bits per heavy atom. The van der Waals surface area contributed by atoms with Crippen LogP contribution in [-0.2, 0) is 6.54 Å². The van der Waals surface area contributed by atoms with Crippen molar-refractivity contribution in [1.29, 1.82) is 0 Å². The highest BCUT2D eigenvalue weighted by molar-refractivity contribution is 5.40. The van der Waals surface area contributed by atoms with Gasteiger partial charge < -0.3 is 5.32 Å². The van der Waals surface area contributed by atoms with Crippen LogP contribution in [0.15, 0.2) is 18.2 Å². The fourth-order valence-electron chi connectivity index (χ4n) is 2.80. The molecule has 6 heteroatoms. The molecule has 2 rings (SSSR count). The van der Waals surface area contributed by atoms with Crippen molar-refractivity contribution in [2.24, 2.45) is 5.92 Å². The van der Waals surface area contributed by atoms with Crippen LogP contribution in [0.5, 0.6) is 0 Å². The van der Waals surface area contributed by atoms with Gasteiger partial charge in [-0.2, -0.15) is 0 Å². The number of nitro benzene ring substituents is 1. The van der Waals surface area contributed by atoms with Gasteiger partial charge in [0.2, 0.25) is 0 Å². The molecule has 1 heterocycles. The quantitative estimate of drug-likeness (QED) is 0.647. The zero-order valence-electron chi connectivity index (χ0n) is 12.3. The van der Waals surface area contributed by atoms with Crippen LogP contribution < -0.4 is 5.32 Å². The number of piperidine rings is 1. The zero-order valence-corrected chi connectivity index (χ0v) is 12.3. The van der Waals surface area contributed by atoms with Crippen LogP contribution in [0.1, 0.15) is 25.3 Å². The van der Waals surface area contributed by atoms with Crippen LogP contribution in [0, 0.1) is 21.8 Å². The normalized spacial score (nSPS) is 17.0. The third-order valence-corrected chi connectivity index (χ3v) is 4.02. The maximum Gasteiger partial charge on any atom is 0.274 e. The lowest BCUT2D eigenvalue weighted by Gasteiger charge is -2.31. The molecule has 1 aliphatic rings. The molecular weight excluding hydrogens is 273 g/mol. The van der Waals surface area contributed by atoms with Gasteiger partial charge in [0, 0.05) is 18.2 Å². The third-order valence-electron chi connectivity index (χ3n) is 4.02. The first-order valence-electron chi connectivity index (χ1n) is 7.46. The van der Waals surface area contributed by atoms with Crippen molar-refractivity contribution in [3.8, 4) is 0 Å². The van der Waals surface area contributed by atoms with Gasteiger partial charge in [0.05, 0.1) is 4.92 Å². The van der Waals surface area contributed by atoms with Gasteiger partial charge in [0.1, 0.15) is 5.82 Å². The van der Waals surface area contributed by atoms with Crippen LogP contribution in [-0.4, -0.2) is 36.0 Å².